The molecule has 4 aromatic rings. The van der Waals surface area contributed by atoms with E-state index in [0.717, 1.165) is 63.9 Å². The van der Waals surface area contributed by atoms with E-state index in [1.54, 1.807) is 18.4 Å². The second-order valence-electron chi connectivity index (χ2n) is 8.09. The van der Waals surface area contributed by atoms with Crippen LogP contribution in [0.2, 0.25) is 5.02 Å². The second-order valence-corrected chi connectivity index (χ2v) is 9.54. The van der Waals surface area contributed by atoms with E-state index < -0.39 is 0 Å². The molecule has 2 heterocycles. The van der Waals surface area contributed by atoms with Crippen molar-refractivity contribution in [2.75, 3.05) is 51.3 Å². The fourth-order valence-electron chi connectivity index (χ4n) is 4.17. The Kier molecular flexibility index (Phi) is 6.35. The van der Waals surface area contributed by atoms with Crippen molar-refractivity contribution in [3.63, 3.8) is 0 Å². The van der Waals surface area contributed by atoms with Crippen LogP contribution in [0.3, 0.4) is 0 Å². The number of carbonyl (C=O) groups is 1. The van der Waals surface area contributed by atoms with Crippen LogP contribution in [-0.2, 0) is 0 Å². The van der Waals surface area contributed by atoms with Gasteiger partial charge in [-0.25, -0.2) is 4.98 Å². The first kappa shape index (κ1) is 21.9. The van der Waals surface area contributed by atoms with Crippen molar-refractivity contribution in [1.29, 1.82) is 0 Å². The predicted octanol–water partition coefficient (Wildman–Crippen LogP) is 4.66. The van der Waals surface area contributed by atoms with Crippen molar-refractivity contribution >= 4 is 55.0 Å². The molecule has 1 saturated heterocycles. The average Bonchev–Trinajstić information content (AvgIpc) is 3.26. The molecule has 8 heteroatoms. The predicted molar refractivity (Wildman–Crippen MR) is 136 cm³/mol. The number of carbonyl (C=O) groups excluding carboxylic acids is 1. The first-order valence-corrected chi connectivity index (χ1v) is 12.2. The highest BCUT2D eigenvalue weighted by Crippen LogP contribution is 2.31. The molecule has 1 aliphatic heterocycles. The van der Waals surface area contributed by atoms with Gasteiger partial charge in [0, 0.05) is 44.3 Å². The number of fused-ring (bicyclic) bond motifs is 2. The largest absolute Gasteiger partial charge is 0.496 e. The molecule has 1 aromatic heterocycles. The molecule has 33 heavy (non-hydrogen) atoms. The maximum absolute atomic E-state index is 12.8. The van der Waals surface area contributed by atoms with E-state index in [9.17, 15) is 4.79 Å². The first-order chi connectivity index (χ1) is 16.1. The number of piperazine rings is 1. The Balaban J connectivity index is 1.14. The highest BCUT2D eigenvalue weighted by molar-refractivity contribution is 7.22. The molecule has 0 spiro atoms. The van der Waals surface area contributed by atoms with E-state index >= 15 is 0 Å². The number of nitrogens with one attached hydrogen (secondary N) is 1. The minimum absolute atomic E-state index is 0.107. The summed E-state index contributed by atoms with van der Waals surface area (Å²) in [7, 11) is 1.60. The van der Waals surface area contributed by atoms with Gasteiger partial charge in [-0.2, -0.15) is 0 Å². The quantitative estimate of drug-likeness (QED) is 0.435. The maximum atomic E-state index is 12.8. The molecule has 6 nitrogen and oxygen atoms in total. The third-order valence-electron chi connectivity index (χ3n) is 6.01. The summed E-state index contributed by atoms with van der Waals surface area (Å²) in [5, 5.41) is 6.92. The van der Waals surface area contributed by atoms with Crippen molar-refractivity contribution in [3.8, 4) is 5.75 Å². The Morgan fingerprint density at radius 2 is 1.85 bits per heavy atom. The molecule has 1 N–H and O–H groups in total. The molecular formula is C25H25ClN4O2S. The van der Waals surface area contributed by atoms with Crippen molar-refractivity contribution in [2.45, 2.75) is 0 Å². The zero-order valence-corrected chi connectivity index (χ0v) is 20.0. The minimum Gasteiger partial charge on any atom is -0.496 e. The van der Waals surface area contributed by atoms with Crippen molar-refractivity contribution in [2.24, 2.45) is 0 Å². The smallest absolute Gasteiger partial charge is 0.255 e. The lowest BCUT2D eigenvalue weighted by atomic mass is 10.1. The number of thiazole rings is 1. The molecule has 0 unspecified atom stereocenters. The summed E-state index contributed by atoms with van der Waals surface area (Å²) in [6.07, 6.45) is 0. The number of ether oxygens (including phenoxy) is 1. The van der Waals surface area contributed by atoms with Gasteiger partial charge >= 0.3 is 0 Å². The van der Waals surface area contributed by atoms with Crippen LogP contribution in [0, 0.1) is 0 Å². The molecule has 0 atom stereocenters. The highest BCUT2D eigenvalue weighted by atomic mass is 35.5. The molecule has 5 rings (SSSR count). The molecule has 1 aliphatic rings. The Labute approximate surface area is 201 Å². The van der Waals surface area contributed by atoms with E-state index in [0.29, 0.717) is 17.9 Å². The van der Waals surface area contributed by atoms with E-state index in [4.69, 9.17) is 21.3 Å². The van der Waals surface area contributed by atoms with Crippen LogP contribution < -0.4 is 15.0 Å². The summed E-state index contributed by atoms with van der Waals surface area (Å²) in [6.45, 7) is 5.11. The van der Waals surface area contributed by atoms with Gasteiger partial charge in [0.25, 0.3) is 5.91 Å². The molecule has 0 radical (unpaired) electrons. The number of hydrogen-bond acceptors (Lipinski definition) is 6. The van der Waals surface area contributed by atoms with Gasteiger partial charge in [0.1, 0.15) is 5.75 Å². The third kappa shape index (κ3) is 4.76. The number of amides is 1. The lowest BCUT2D eigenvalue weighted by molar-refractivity contribution is 0.0945. The normalized spacial score (nSPS) is 14.7. The van der Waals surface area contributed by atoms with Crippen molar-refractivity contribution < 1.29 is 9.53 Å². The van der Waals surface area contributed by atoms with E-state index in [-0.39, 0.29) is 5.91 Å². The zero-order chi connectivity index (χ0) is 22.8. The van der Waals surface area contributed by atoms with Gasteiger partial charge < -0.3 is 15.0 Å². The van der Waals surface area contributed by atoms with Gasteiger partial charge in [-0.1, -0.05) is 47.2 Å². The summed E-state index contributed by atoms with van der Waals surface area (Å²) in [5.41, 5.74) is 1.56. The molecule has 1 amide bonds. The lowest BCUT2D eigenvalue weighted by Gasteiger charge is -2.34. The number of hydrogen-bond donors (Lipinski definition) is 1. The second kappa shape index (κ2) is 9.55. The van der Waals surface area contributed by atoms with Gasteiger partial charge in [-0.05, 0) is 41.1 Å². The lowest BCUT2D eigenvalue weighted by Crippen LogP contribution is -2.48. The monoisotopic (exact) mass is 480 g/mol. The number of anilines is 1. The molecule has 0 saturated carbocycles. The fourth-order valence-corrected chi connectivity index (χ4v) is 5.47. The minimum atomic E-state index is -0.107. The van der Waals surface area contributed by atoms with Crippen LogP contribution >= 0.6 is 22.9 Å². The van der Waals surface area contributed by atoms with Crippen LogP contribution in [0.4, 0.5) is 5.13 Å². The van der Waals surface area contributed by atoms with E-state index in [2.05, 4.69) is 15.1 Å². The summed E-state index contributed by atoms with van der Waals surface area (Å²) >= 11 is 7.79. The van der Waals surface area contributed by atoms with Crippen molar-refractivity contribution in [1.82, 2.24) is 15.2 Å². The number of benzene rings is 3. The van der Waals surface area contributed by atoms with Gasteiger partial charge in [0.2, 0.25) is 0 Å². The SMILES string of the molecule is COc1cc2ccccc2cc1C(=O)NCCN1CCN(c2nc3ccc(Cl)cc3s2)CC1. The fraction of sp³-hybridized carbons (Fsp3) is 0.280. The third-order valence-corrected chi connectivity index (χ3v) is 7.32. The molecular weight excluding hydrogens is 456 g/mol. The highest BCUT2D eigenvalue weighted by Gasteiger charge is 2.20. The first-order valence-electron chi connectivity index (χ1n) is 11.0. The number of methoxy groups -OCH3 is 1. The summed E-state index contributed by atoms with van der Waals surface area (Å²) in [4.78, 5) is 22.3. The number of rotatable bonds is 6. The summed E-state index contributed by atoms with van der Waals surface area (Å²) < 4.78 is 6.58. The summed E-state index contributed by atoms with van der Waals surface area (Å²) in [6, 6.07) is 17.6. The van der Waals surface area contributed by atoms with Gasteiger partial charge in [-0.3, -0.25) is 9.69 Å². The molecule has 170 valence electrons. The van der Waals surface area contributed by atoms with Crippen molar-refractivity contribution in [3.05, 3.63) is 65.2 Å². The average molecular weight is 481 g/mol. The maximum Gasteiger partial charge on any atom is 0.255 e. The number of nitrogens with zero attached hydrogens (tertiary/aromatic N) is 3. The van der Waals surface area contributed by atoms with Gasteiger partial charge in [0.05, 0.1) is 22.9 Å². The summed E-state index contributed by atoms with van der Waals surface area (Å²) in [5.74, 6) is 0.487. The Morgan fingerprint density at radius 1 is 1.09 bits per heavy atom. The molecule has 1 fully saturated rings. The van der Waals surface area contributed by atoms with Gasteiger partial charge in [-0.15, -0.1) is 0 Å². The molecule has 0 aliphatic carbocycles. The standard InChI is InChI=1S/C25H25ClN4O2S/c1-32-22-15-18-5-3-2-4-17(18)14-20(22)24(31)27-8-9-29-10-12-30(13-11-29)25-28-21-7-6-19(26)16-23(21)33-25/h2-7,14-16H,8-13H2,1H3,(H,27,31). The van der Waals surface area contributed by atoms with E-state index in [1.807, 2.05) is 54.6 Å². The van der Waals surface area contributed by atoms with Crippen LogP contribution in [0.5, 0.6) is 5.75 Å². The molecule has 3 aromatic carbocycles. The van der Waals surface area contributed by atoms with Crippen LogP contribution in [-0.4, -0.2) is 62.2 Å². The zero-order valence-electron chi connectivity index (χ0n) is 18.4. The topological polar surface area (TPSA) is 57.7 Å². The Hall–Kier alpha value is -2.87. The van der Waals surface area contributed by atoms with Crippen LogP contribution in [0.15, 0.2) is 54.6 Å². The van der Waals surface area contributed by atoms with E-state index in [1.165, 1.54) is 0 Å². The number of aromatic nitrogens is 1. The Morgan fingerprint density at radius 3 is 2.61 bits per heavy atom. The number of halogens is 1. The van der Waals surface area contributed by atoms with Gasteiger partial charge in [0.15, 0.2) is 5.13 Å². The van der Waals surface area contributed by atoms with Crippen LogP contribution in [0.25, 0.3) is 21.0 Å². The Bertz CT molecular complexity index is 1300. The van der Waals surface area contributed by atoms with Crippen LogP contribution in [0.1, 0.15) is 10.4 Å². The molecule has 0 bridgehead atoms.